The summed E-state index contributed by atoms with van der Waals surface area (Å²) in [6.45, 7) is 5.43. The van der Waals surface area contributed by atoms with E-state index in [1.807, 2.05) is 18.9 Å². The third-order valence-electron chi connectivity index (χ3n) is 4.97. The minimum Gasteiger partial charge on any atom is -0.493 e. The van der Waals surface area contributed by atoms with Crippen molar-refractivity contribution in [3.05, 3.63) is 12.1 Å². The molecule has 1 aromatic carbocycles. The number of fused-ring (bicyclic) bond motifs is 1. The van der Waals surface area contributed by atoms with Crippen molar-refractivity contribution in [2.75, 3.05) is 45.0 Å². The van der Waals surface area contributed by atoms with E-state index in [2.05, 4.69) is 22.2 Å². The lowest BCUT2D eigenvalue weighted by molar-refractivity contribution is -0.124. The SMILES string of the molecule is CCCCC(C)C(=O)NCCCN(C)c1nc(N)c2cc(OC)c(OC)cc2n1. The summed E-state index contributed by atoms with van der Waals surface area (Å²) in [5.41, 5.74) is 6.84. The molecular weight excluding hydrogens is 370 g/mol. The third kappa shape index (κ3) is 5.85. The van der Waals surface area contributed by atoms with Crippen LogP contribution in [0.5, 0.6) is 11.5 Å². The second kappa shape index (κ2) is 10.7. The molecule has 29 heavy (non-hydrogen) atoms. The average molecular weight is 404 g/mol. The fourth-order valence-corrected chi connectivity index (χ4v) is 3.08. The van der Waals surface area contributed by atoms with Gasteiger partial charge in [0, 0.05) is 37.5 Å². The molecule has 1 aromatic heterocycles. The number of nitrogens with two attached hydrogens (primary N) is 1. The van der Waals surface area contributed by atoms with Gasteiger partial charge in [-0.3, -0.25) is 4.79 Å². The van der Waals surface area contributed by atoms with Crippen LogP contribution < -0.4 is 25.4 Å². The maximum Gasteiger partial charge on any atom is 0.227 e. The second-order valence-electron chi connectivity index (χ2n) is 7.24. The van der Waals surface area contributed by atoms with E-state index in [0.29, 0.717) is 47.3 Å². The lowest BCUT2D eigenvalue weighted by Crippen LogP contribution is -2.32. The zero-order valence-corrected chi connectivity index (χ0v) is 18.1. The predicted octanol–water partition coefficient (Wildman–Crippen LogP) is 3.00. The van der Waals surface area contributed by atoms with Crippen LogP contribution in [-0.4, -0.2) is 50.2 Å². The molecular formula is C21H33N5O3. The molecule has 0 aliphatic heterocycles. The molecule has 0 radical (unpaired) electrons. The molecule has 0 saturated carbocycles. The number of nitrogens with zero attached hydrogens (tertiary/aromatic N) is 3. The molecule has 8 nitrogen and oxygen atoms in total. The first kappa shape index (κ1) is 22.5. The Hall–Kier alpha value is -2.77. The Morgan fingerprint density at radius 1 is 1.21 bits per heavy atom. The first-order valence-corrected chi connectivity index (χ1v) is 10.1. The Balaban J connectivity index is 1.98. The molecule has 0 bridgehead atoms. The van der Waals surface area contributed by atoms with Crippen LogP contribution in [0.2, 0.25) is 0 Å². The zero-order valence-electron chi connectivity index (χ0n) is 18.1. The van der Waals surface area contributed by atoms with Crippen molar-refractivity contribution in [2.24, 2.45) is 5.92 Å². The smallest absolute Gasteiger partial charge is 0.227 e. The first-order valence-electron chi connectivity index (χ1n) is 10.1. The maximum absolute atomic E-state index is 12.1. The van der Waals surface area contributed by atoms with Crippen LogP contribution in [0.25, 0.3) is 10.9 Å². The second-order valence-corrected chi connectivity index (χ2v) is 7.24. The zero-order chi connectivity index (χ0) is 21.4. The Morgan fingerprint density at radius 2 is 1.90 bits per heavy atom. The minimum atomic E-state index is 0.0586. The van der Waals surface area contributed by atoms with Crippen molar-refractivity contribution in [1.29, 1.82) is 0 Å². The fourth-order valence-electron chi connectivity index (χ4n) is 3.08. The number of nitrogens with one attached hydrogen (secondary N) is 1. The lowest BCUT2D eigenvalue weighted by Gasteiger charge is -2.19. The molecule has 0 spiro atoms. The Morgan fingerprint density at radius 3 is 2.55 bits per heavy atom. The summed E-state index contributed by atoms with van der Waals surface area (Å²) in [4.78, 5) is 23.0. The molecule has 0 aliphatic rings. The van der Waals surface area contributed by atoms with Crippen molar-refractivity contribution in [3.8, 4) is 11.5 Å². The summed E-state index contributed by atoms with van der Waals surface area (Å²) < 4.78 is 10.7. The molecule has 1 heterocycles. The van der Waals surface area contributed by atoms with E-state index in [0.717, 1.165) is 25.7 Å². The molecule has 1 amide bonds. The summed E-state index contributed by atoms with van der Waals surface area (Å²) in [5.74, 6) is 2.27. The third-order valence-corrected chi connectivity index (χ3v) is 4.97. The van der Waals surface area contributed by atoms with Gasteiger partial charge in [-0.1, -0.05) is 26.7 Å². The van der Waals surface area contributed by atoms with Crippen LogP contribution in [0, 0.1) is 5.92 Å². The number of ether oxygens (including phenoxy) is 2. The van der Waals surface area contributed by atoms with Crippen molar-refractivity contribution >= 4 is 28.6 Å². The number of amides is 1. The van der Waals surface area contributed by atoms with E-state index >= 15 is 0 Å². The van der Waals surface area contributed by atoms with Gasteiger partial charge < -0.3 is 25.4 Å². The topological polar surface area (TPSA) is 103 Å². The number of unbranched alkanes of at least 4 members (excludes halogenated alkanes) is 1. The first-order chi connectivity index (χ1) is 13.9. The van der Waals surface area contributed by atoms with E-state index in [1.54, 1.807) is 26.4 Å². The van der Waals surface area contributed by atoms with E-state index in [1.165, 1.54) is 0 Å². The molecule has 0 saturated heterocycles. The van der Waals surface area contributed by atoms with Gasteiger partial charge in [0.25, 0.3) is 0 Å². The molecule has 1 unspecified atom stereocenters. The van der Waals surface area contributed by atoms with E-state index in [4.69, 9.17) is 15.2 Å². The number of rotatable bonds is 11. The van der Waals surface area contributed by atoms with Gasteiger partial charge in [-0.2, -0.15) is 4.98 Å². The molecule has 0 aliphatic carbocycles. The van der Waals surface area contributed by atoms with Crippen molar-refractivity contribution in [2.45, 2.75) is 39.5 Å². The summed E-state index contributed by atoms with van der Waals surface area (Å²) >= 11 is 0. The minimum absolute atomic E-state index is 0.0586. The van der Waals surface area contributed by atoms with Gasteiger partial charge in [0.2, 0.25) is 11.9 Å². The number of nitrogen functional groups attached to an aromatic ring is 1. The largest absolute Gasteiger partial charge is 0.493 e. The molecule has 0 fully saturated rings. The Kier molecular flexibility index (Phi) is 8.30. The van der Waals surface area contributed by atoms with E-state index in [9.17, 15) is 4.79 Å². The van der Waals surface area contributed by atoms with Crippen LogP contribution in [-0.2, 0) is 4.79 Å². The van der Waals surface area contributed by atoms with Crippen LogP contribution in [0.15, 0.2) is 12.1 Å². The highest BCUT2D eigenvalue weighted by Crippen LogP contribution is 2.33. The molecule has 3 N–H and O–H groups in total. The highest BCUT2D eigenvalue weighted by Gasteiger charge is 2.14. The van der Waals surface area contributed by atoms with E-state index < -0.39 is 0 Å². The number of hydrogen-bond acceptors (Lipinski definition) is 7. The summed E-state index contributed by atoms with van der Waals surface area (Å²) in [5, 5.41) is 3.72. The summed E-state index contributed by atoms with van der Waals surface area (Å²) in [6, 6.07) is 3.57. The summed E-state index contributed by atoms with van der Waals surface area (Å²) in [7, 11) is 5.07. The quantitative estimate of drug-likeness (QED) is 0.556. The van der Waals surface area contributed by atoms with Gasteiger partial charge in [-0.15, -0.1) is 0 Å². The number of carbonyl (C=O) groups is 1. The molecule has 2 rings (SSSR count). The van der Waals surface area contributed by atoms with Gasteiger partial charge in [0.15, 0.2) is 11.5 Å². The Bertz CT molecular complexity index is 828. The number of benzene rings is 1. The predicted molar refractivity (Wildman–Crippen MR) is 117 cm³/mol. The van der Waals surface area contributed by atoms with Crippen LogP contribution in [0.3, 0.4) is 0 Å². The standard InChI is InChI=1S/C21H33N5O3/c1-6-7-9-14(2)20(27)23-10-8-11-26(3)21-24-16-13-18(29-5)17(28-4)12-15(16)19(22)25-21/h12-14H,6-11H2,1-5H3,(H,23,27)(H2,22,24,25). The Labute approximate surface area is 172 Å². The molecule has 160 valence electrons. The number of anilines is 2. The highest BCUT2D eigenvalue weighted by molar-refractivity contribution is 5.91. The monoisotopic (exact) mass is 403 g/mol. The van der Waals surface area contributed by atoms with Gasteiger partial charge in [0.1, 0.15) is 5.82 Å². The van der Waals surface area contributed by atoms with Crippen LogP contribution in [0.4, 0.5) is 11.8 Å². The van der Waals surface area contributed by atoms with Gasteiger partial charge in [-0.25, -0.2) is 4.98 Å². The van der Waals surface area contributed by atoms with Crippen LogP contribution in [0.1, 0.15) is 39.5 Å². The number of hydrogen-bond donors (Lipinski definition) is 2. The average Bonchev–Trinajstić information content (AvgIpc) is 2.73. The summed E-state index contributed by atoms with van der Waals surface area (Å²) in [6.07, 6.45) is 3.90. The van der Waals surface area contributed by atoms with Gasteiger partial charge in [-0.05, 0) is 18.9 Å². The highest BCUT2D eigenvalue weighted by atomic mass is 16.5. The van der Waals surface area contributed by atoms with Crippen molar-refractivity contribution < 1.29 is 14.3 Å². The lowest BCUT2D eigenvalue weighted by atomic mass is 10.0. The number of carbonyl (C=O) groups excluding carboxylic acids is 1. The van der Waals surface area contributed by atoms with E-state index in [-0.39, 0.29) is 11.8 Å². The molecule has 2 aromatic rings. The van der Waals surface area contributed by atoms with Gasteiger partial charge >= 0.3 is 0 Å². The molecule has 8 heteroatoms. The fraction of sp³-hybridized carbons (Fsp3) is 0.571. The van der Waals surface area contributed by atoms with Crippen LogP contribution >= 0.6 is 0 Å². The normalized spacial score (nSPS) is 11.9. The van der Waals surface area contributed by atoms with Crippen molar-refractivity contribution in [1.82, 2.24) is 15.3 Å². The maximum atomic E-state index is 12.1. The van der Waals surface area contributed by atoms with Crippen molar-refractivity contribution in [3.63, 3.8) is 0 Å². The number of aromatic nitrogens is 2. The molecule has 1 atom stereocenters. The number of methoxy groups -OCH3 is 2. The van der Waals surface area contributed by atoms with Gasteiger partial charge in [0.05, 0.1) is 19.7 Å².